The zero-order valence-electron chi connectivity index (χ0n) is 12.3. The molecule has 0 aliphatic carbocycles. The van der Waals surface area contributed by atoms with Gasteiger partial charge in [-0.3, -0.25) is 10.1 Å². The van der Waals surface area contributed by atoms with Crippen LogP contribution in [0.5, 0.6) is 5.75 Å². The minimum absolute atomic E-state index is 0.0607. The van der Waals surface area contributed by atoms with Crippen LogP contribution in [0.3, 0.4) is 0 Å². The smallest absolute Gasteiger partial charge is 0.333 e. The van der Waals surface area contributed by atoms with Gasteiger partial charge < -0.3 is 14.5 Å². The molecule has 0 aliphatic rings. The molecule has 1 N–H and O–H groups in total. The molecule has 21 heavy (non-hydrogen) atoms. The van der Waals surface area contributed by atoms with Crippen LogP contribution in [0.4, 0.5) is 11.4 Å². The van der Waals surface area contributed by atoms with Crippen LogP contribution in [-0.4, -0.2) is 11.5 Å². The minimum Gasteiger partial charge on any atom is -0.487 e. The van der Waals surface area contributed by atoms with Crippen molar-refractivity contribution in [3.63, 3.8) is 0 Å². The van der Waals surface area contributed by atoms with Gasteiger partial charge in [0, 0.05) is 0 Å². The molecule has 0 radical (unpaired) electrons. The quantitative estimate of drug-likeness (QED) is 0.641. The first-order valence-electron chi connectivity index (χ1n) is 6.76. The molecule has 1 aromatic carbocycles. The second kappa shape index (κ2) is 6.30. The van der Waals surface area contributed by atoms with Crippen LogP contribution >= 0.6 is 0 Å². The lowest BCUT2D eigenvalue weighted by Gasteiger charge is -2.14. The number of benzene rings is 1. The van der Waals surface area contributed by atoms with Gasteiger partial charge in [-0.25, -0.2) is 0 Å². The molecule has 6 nitrogen and oxygen atoms in total. The van der Waals surface area contributed by atoms with Gasteiger partial charge in [-0.05, 0) is 45.0 Å². The van der Waals surface area contributed by atoms with Gasteiger partial charge in [0.15, 0.2) is 5.75 Å². The second-order valence-corrected chi connectivity index (χ2v) is 4.66. The summed E-state index contributed by atoms with van der Waals surface area (Å²) in [6.07, 6.45) is 0. The van der Waals surface area contributed by atoms with E-state index in [9.17, 15) is 10.1 Å². The van der Waals surface area contributed by atoms with E-state index >= 15 is 0 Å². The van der Waals surface area contributed by atoms with E-state index in [4.69, 9.17) is 9.15 Å². The first kappa shape index (κ1) is 14.9. The second-order valence-electron chi connectivity index (χ2n) is 4.66. The van der Waals surface area contributed by atoms with E-state index in [2.05, 4.69) is 5.32 Å². The average molecular weight is 290 g/mol. The third kappa shape index (κ3) is 3.34. The van der Waals surface area contributed by atoms with E-state index in [0.29, 0.717) is 12.3 Å². The van der Waals surface area contributed by atoms with Crippen LogP contribution in [-0.2, 0) is 0 Å². The van der Waals surface area contributed by atoms with Crippen molar-refractivity contribution in [2.45, 2.75) is 26.8 Å². The fourth-order valence-electron chi connectivity index (χ4n) is 2.09. The highest BCUT2D eigenvalue weighted by atomic mass is 16.6. The lowest BCUT2D eigenvalue weighted by atomic mass is 10.2. The molecule has 2 aromatic rings. The van der Waals surface area contributed by atoms with Crippen molar-refractivity contribution < 1.29 is 14.1 Å². The van der Waals surface area contributed by atoms with E-state index in [-0.39, 0.29) is 17.5 Å². The predicted molar refractivity (Wildman–Crippen MR) is 79.7 cm³/mol. The number of nitrogens with one attached hydrogen (secondary N) is 1. The molecule has 1 aromatic heterocycles. The Kier molecular flexibility index (Phi) is 4.47. The molecular weight excluding hydrogens is 272 g/mol. The fourth-order valence-corrected chi connectivity index (χ4v) is 2.09. The van der Waals surface area contributed by atoms with Crippen LogP contribution < -0.4 is 10.1 Å². The normalized spacial score (nSPS) is 12.0. The van der Waals surface area contributed by atoms with Crippen molar-refractivity contribution in [1.82, 2.24) is 0 Å². The Labute approximate surface area is 122 Å². The monoisotopic (exact) mass is 290 g/mol. The van der Waals surface area contributed by atoms with Gasteiger partial charge >= 0.3 is 5.69 Å². The van der Waals surface area contributed by atoms with Crippen molar-refractivity contribution >= 4 is 11.4 Å². The number of ether oxygens (including phenoxy) is 1. The number of nitrogens with zero attached hydrogens (tertiary/aromatic N) is 1. The summed E-state index contributed by atoms with van der Waals surface area (Å²) in [6, 6.07) is 8.50. The summed E-state index contributed by atoms with van der Waals surface area (Å²) in [7, 11) is 0. The molecule has 0 saturated heterocycles. The van der Waals surface area contributed by atoms with E-state index < -0.39 is 4.92 Å². The van der Waals surface area contributed by atoms with Crippen LogP contribution in [0, 0.1) is 17.0 Å². The number of anilines is 1. The van der Waals surface area contributed by atoms with Gasteiger partial charge in [0.05, 0.1) is 17.6 Å². The summed E-state index contributed by atoms with van der Waals surface area (Å²) in [5, 5.41) is 14.4. The SMILES string of the molecule is CCOc1cccc(NC(C)c2ccc(C)o2)c1[N+](=O)[O-]. The van der Waals surface area contributed by atoms with E-state index in [1.54, 1.807) is 25.1 Å². The Morgan fingerprint density at radius 3 is 2.71 bits per heavy atom. The third-order valence-electron chi connectivity index (χ3n) is 3.04. The summed E-state index contributed by atoms with van der Waals surface area (Å²) in [5.41, 5.74) is 0.349. The van der Waals surface area contributed by atoms with Crippen molar-refractivity contribution in [3.05, 3.63) is 52.0 Å². The molecule has 0 aliphatic heterocycles. The topological polar surface area (TPSA) is 77.5 Å². The third-order valence-corrected chi connectivity index (χ3v) is 3.04. The molecule has 6 heteroatoms. The molecule has 0 spiro atoms. The summed E-state index contributed by atoms with van der Waals surface area (Å²) in [6.45, 7) is 5.90. The number of furan rings is 1. The van der Waals surface area contributed by atoms with Crippen molar-refractivity contribution in [3.8, 4) is 5.75 Å². The van der Waals surface area contributed by atoms with Crippen molar-refractivity contribution in [2.75, 3.05) is 11.9 Å². The Morgan fingerprint density at radius 1 is 1.38 bits per heavy atom. The summed E-state index contributed by atoms with van der Waals surface area (Å²) >= 11 is 0. The highest BCUT2D eigenvalue weighted by Crippen LogP contribution is 2.36. The lowest BCUT2D eigenvalue weighted by molar-refractivity contribution is -0.385. The molecule has 1 heterocycles. The number of hydrogen-bond donors (Lipinski definition) is 1. The number of nitro benzene ring substituents is 1. The van der Waals surface area contributed by atoms with Crippen molar-refractivity contribution in [1.29, 1.82) is 0 Å². The molecule has 1 atom stereocenters. The predicted octanol–water partition coefficient (Wildman–Crippen LogP) is 4.07. The molecule has 1 unspecified atom stereocenters. The van der Waals surface area contributed by atoms with E-state index in [0.717, 1.165) is 11.5 Å². The Morgan fingerprint density at radius 2 is 2.14 bits per heavy atom. The largest absolute Gasteiger partial charge is 0.487 e. The van der Waals surface area contributed by atoms with Gasteiger partial charge in [0.1, 0.15) is 17.2 Å². The summed E-state index contributed by atoms with van der Waals surface area (Å²) < 4.78 is 10.9. The molecule has 0 bridgehead atoms. The van der Waals surface area contributed by atoms with Crippen LogP contribution in [0.1, 0.15) is 31.4 Å². The standard InChI is InChI=1S/C15H18N2O4/c1-4-20-14-7-5-6-12(15(14)17(18)19)16-11(3)13-9-8-10(2)21-13/h5-9,11,16H,4H2,1-3H3. The van der Waals surface area contributed by atoms with Crippen LogP contribution in [0.25, 0.3) is 0 Å². The molecular formula is C15H18N2O4. The molecule has 0 fully saturated rings. The molecule has 2 rings (SSSR count). The fraction of sp³-hybridized carbons (Fsp3) is 0.333. The maximum Gasteiger partial charge on any atom is 0.333 e. The number of hydrogen-bond acceptors (Lipinski definition) is 5. The van der Waals surface area contributed by atoms with Crippen LogP contribution in [0.2, 0.25) is 0 Å². The first-order valence-corrected chi connectivity index (χ1v) is 6.76. The van der Waals surface area contributed by atoms with Gasteiger partial charge in [0.25, 0.3) is 0 Å². The highest BCUT2D eigenvalue weighted by molar-refractivity contribution is 5.68. The number of nitro groups is 1. The average Bonchev–Trinajstić information content (AvgIpc) is 2.86. The van der Waals surface area contributed by atoms with Gasteiger partial charge in [-0.2, -0.15) is 0 Å². The van der Waals surface area contributed by atoms with E-state index in [1.165, 1.54) is 0 Å². The van der Waals surface area contributed by atoms with Crippen molar-refractivity contribution in [2.24, 2.45) is 0 Å². The molecule has 0 saturated carbocycles. The van der Waals surface area contributed by atoms with Gasteiger partial charge in [-0.15, -0.1) is 0 Å². The maximum atomic E-state index is 11.3. The first-order chi connectivity index (χ1) is 10.0. The lowest BCUT2D eigenvalue weighted by Crippen LogP contribution is -2.08. The number of para-hydroxylation sites is 1. The molecule has 0 amide bonds. The zero-order chi connectivity index (χ0) is 15.4. The van der Waals surface area contributed by atoms with E-state index in [1.807, 2.05) is 26.0 Å². The maximum absolute atomic E-state index is 11.3. The van der Waals surface area contributed by atoms with Gasteiger partial charge in [0.2, 0.25) is 0 Å². The Balaban J connectivity index is 2.30. The Bertz CT molecular complexity index is 636. The zero-order valence-corrected chi connectivity index (χ0v) is 12.3. The number of rotatable bonds is 6. The molecule has 112 valence electrons. The number of aryl methyl sites for hydroxylation is 1. The van der Waals surface area contributed by atoms with Crippen LogP contribution in [0.15, 0.2) is 34.7 Å². The summed E-state index contributed by atoms with van der Waals surface area (Å²) in [5.74, 6) is 1.79. The van der Waals surface area contributed by atoms with Gasteiger partial charge in [-0.1, -0.05) is 6.07 Å². The minimum atomic E-state index is -0.437. The summed E-state index contributed by atoms with van der Waals surface area (Å²) in [4.78, 5) is 10.9. The highest BCUT2D eigenvalue weighted by Gasteiger charge is 2.22. The Hall–Kier alpha value is -2.50.